The van der Waals surface area contributed by atoms with Crippen LogP contribution in [0.4, 0.5) is 10.1 Å². The first-order valence-electron chi connectivity index (χ1n) is 8.56. The van der Waals surface area contributed by atoms with Gasteiger partial charge in [-0.05, 0) is 48.2 Å². The Morgan fingerprint density at radius 3 is 2.82 bits per heavy atom. The fourth-order valence-corrected chi connectivity index (χ4v) is 3.72. The number of methoxy groups -OCH3 is 1. The first kappa shape index (κ1) is 18.2. The predicted molar refractivity (Wildman–Crippen MR) is 108 cm³/mol. The number of hydrogen-bond acceptors (Lipinski definition) is 5. The van der Waals surface area contributed by atoms with Crippen molar-refractivity contribution in [1.29, 1.82) is 0 Å². The van der Waals surface area contributed by atoms with Gasteiger partial charge in [-0.25, -0.2) is 4.39 Å². The second-order valence-corrected chi connectivity index (χ2v) is 7.15. The zero-order valence-corrected chi connectivity index (χ0v) is 16.1. The molecule has 0 atom stereocenters. The molecule has 142 valence electrons. The molecule has 0 aliphatic rings. The topological polar surface area (TPSA) is 68.5 Å². The standard InChI is InChI=1S/C20H17FN4O2S/c1-12-9-13-7-8-14(27-2)10-17(13)25-19(12)23-24-20(25)28-11-18(26)22-16-6-4-3-5-15(16)21/h3-10H,11H2,1-2H3,(H,22,26). The number of carbonyl (C=O) groups is 1. The third-order valence-corrected chi connectivity index (χ3v) is 5.25. The number of benzene rings is 2. The number of carbonyl (C=O) groups excluding carboxylic acids is 1. The molecule has 0 aliphatic carbocycles. The van der Waals surface area contributed by atoms with Crippen LogP contribution in [0.15, 0.2) is 53.7 Å². The maximum Gasteiger partial charge on any atom is 0.234 e. The van der Waals surface area contributed by atoms with Crippen LogP contribution in [0.25, 0.3) is 16.6 Å². The number of fused-ring (bicyclic) bond motifs is 3. The lowest BCUT2D eigenvalue weighted by atomic mass is 10.1. The van der Waals surface area contributed by atoms with Gasteiger partial charge in [0.05, 0.1) is 24.1 Å². The zero-order chi connectivity index (χ0) is 19.7. The number of pyridine rings is 1. The van der Waals surface area contributed by atoms with E-state index in [9.17, 15) is 9.18 Å². The number of hydrogen-bond donors (Lipinski definition) is 1. The van der Waals surface area contributed by atoms with Gasteiger partial charge in [0.25, 0.3) is 0 Å². The molecule has 4 rings (SSSR count). The minimum absolute atomic E-state index is 0.0779. The zero-order valence-electron chi connectivity index (χ0n) is 15.3. The van der Waals surface area contributed by atoms with Crippen molar-refractivity contribution < 1.29 is 13.9 Å². The van der Waals surface area contributed by atoms with Crippen LogP contribution in [0.1, 0.15) is 5.56 Å². The van der Waals surface area contributed by atoms with Crippen LogP contribution in [-0.4, -0.2) is 33.4 Å². The minimum Gasteiger partial charge on any atom is -0.497 e. The molecule has 4 aromatic rings. The molecule has 2 heterocycles. The molecule has 0 bridgehead atoms. The van der Waals surface area contributed by atoms with E-state index in [2.05, 4.69) is 15.5 Å². The highest BCUT2D eigenvalue weighted by atomic mass is 32.2. The molecule has 1 amide bonds. The van der Waals surface area contributed by atoms with Crippen molar-refractivity contribution in [3.8, 4) is 5.75 Å². The molecule has 8 heteroatoms. The van der Waals surface area contributed by atoms with Crippen LogP contribution in [-0.2, 0) is 4.79 Å². The number of rotatable bonds is 5. The normalized spacial score (nSPS) is 11.1. The Hall–Kier alpha value is -3.13. The van der Waals surface area contributed by atoms with Crippen LogP contribution in [0.2, 0.25) is 0 Å². The van der Waals surface area contributed by atoms with Gasteiger partial charge in [0.1, 0.15) is 11.6 Å². The van der Waals surface area contributed by atoms with Gasteiger partial charge in [0.15, 0.2) is 10.8 Å². The Kier molecular flexibility index (Phi) is 4.87. The highest BCUT2D eigenvalue weighted by Gasteiger charge is 2.15. The van der Waals surface area contributed by atoms with Gasteiger partial charge in [0, 0.05) is 6.07 Å². The van der Waals surface area contributed by atoms with E-state index < -0.39 is 5.82 Å². The van der Waals surface area contributed by atoms with E-state index in [1.165, 1.54) is 23.9 Å². The van der Waals surface area contributed by atoms with Crippen molar-refractivity contribution >= 4 is 39.9 Å². The lowest BCUT2D eigenvalue weighted by molar-refractivity contribution is -0.113. The molecule has 0 aliphatic heterocycles. The maximum absolute atomic E-state index is 13.7. The molecule has 0 saturated heterocycles. The highest BCUT2D eigenvalue weighted by molar-refractivity contribution is 7.99. The van der Waals surface area contributed by atoms with Crippen molar-refractivity contribution in [3.05, 3.63) is 59.9 Å². The van der Waals surface area contributed by atoms with Crippen LogP contribution in [0.3, 0.4) is 0 Å². The smallest absolute Gasteiger partial charge is 0.234 e. The summed E-state index contributed by atoms with van der Waals surface area (Å²) in [5.41, 5.74) is 2.75. The summed E-state index contributed by atoms with van der Waals surface area (Å²) in [6.45, 7) is 1.97. The summed E-state index contributed by atoms with van der Waals surface area (Å²) in [6.07, 6.45) is 0. The monoisotopic (exact) mass is 396 g/mol. The van der Waals surface area contributed by atoms with Gasteiger partial charge in [-0.15, -0.1) is 10.2 Å². The summed E-state index contributed by atoms with van der Waals surface area (Å²) < 4.78 is 20.9. The molecule has 0 fully saturated rings. The quantitative estimate of drug-likeness (QED) is 0.515. The number of para-hydroxylation sites is 1. The largest absolute Gasteiger partial charge is 0.497 e. The van der Waals surface area contributed by atoms with E-state index in [1.54, 1.807) is 19.2 Å². The SMILES string of the molecule is COc1ccc2cc(C)c3nnc(SCC(=O)Nc4ccccc4F)n3c2c1. The number of ether oxygens (including phenoxy) is 1. The fraction of sp³-hybridized carbons (Fsp3) is 0.150. The number of thioether (sulfide) groups is 1. The lowest BCUT2D eigenvalue weighted by Gasteiger charge is -2.09. The summed E-state index contributed by atoms with van der Waals surface area (Å²) in [7, 11) is 1.61. The van der Waals surface area contributed by atoms with E-state index in [-0.39, 0.29) is 17.3 Å². The van der Waals surface area contributed by atoms with Crippen LogP contribution in [0.5, 0.6) is 5.75 Å². The van der Waals surface area contributed by atoms with E-state index in [0.29, 0.717) is 5.16 Å². The summed E-state index contributed by atoms with van der Waals surface area (Å²) in [6, 6.07) is 13.9. The first-order valence-corrected chi connectivity index (χ1v) is 9.55. The molecule has 2 aromatic carbocycles. The molecule has 6 nitrogen and oxygen atoms in total. The summed E-state index contributed by atoms with van der Waals surface area (Å²) in [5.74, 6) is 0.0117. The van der Waals surface area contributed by atoms with Gasteiger partial charge in [-0.2, -0.15) is 0 Å². The maximum atomic E-state index is 13.7. The fourth-order valence-electron chi connectivity index (χ4n) is 2.98. The number of halogens is 1. The minimum atomic E-state index is -0.470. The van der Waals surface area contributed by atoms with Crippen LogP contribution >= 0.6 is 11.8 Å². The number of nitrogens with one attached hydrogen (secondary N) is 1. The third-order valence-electron chi connectivity index (χ3n) is 4.32. The molecular formula is C20H17FN4O2S. The second-order valence-electron chi connectivity index (χ2n) is 6.21. The molecule has 0 unspecified atom stereocenters. The van der Waals surface area contributed by atoms with Crippen molar-refractivity contribution in [3.63, 3.8) is 0 Å². The Balaban J connectivity index is 1.64. The van der Waals surface area contributed by atoms with Crippen LogP contribution in [0, 0.1) is 12.7 Å². The first-order chi connectivity index (χ1) is 13.6. The van der Waals surface area contributed by atoms with Gasteiger partial charge >= 0.3 is 0 Å². The van der Waals surface area contributed by atoms with Gasteiger partial charge in [0.2, 0.25) is 5.91 Å². The Labute approximate surface area is 164 Å². The highest BCUT2D eigenvalue weighted by Crippen LogP contribution is 2.28. The number of nitrogens with zero attached hydrogens (tertiary/aromatic N) is 3. The van der Waals surface area contributed by atoms with E-state index in [4.69, 9.17) is 4.74 Å². The third kappa shape index (κ3) is 3.38. The van der Waals surface area contributed by atoms with E-state index in [1.807, 2.05) is 35.6 Å². The van der Waals surface area contributed by atoms with Crippen molar-refractivity contribution in [2.24, 2.45) is 0 Å². The summed E-state index contributed by atoms with van der Waals surface area (Å²) in [5, 5.41) is 12.7. The second kappa shape index (κ2) is 7.47. The average Bonchev–Trinajstić information content (AvgIpc) is 3.13. The molecule has 0 saturated carbocycles. The molecular weight excluding hydrogens is 379 g/mol. The van der Waals surface area contributed by atoms with E-state index >= 15 is 0 Å². The van der Waals surface area contributed by atoms with Crippen molar-refractivity contribution in [2.45, 2.75) is 12.1 Å². The lowest BCUT2D eigenvalue weighted by Crippen LogP contribution is -2.15. The van der Waals surface area contributed by atoms with Crippen molar-refractivity contribution in [1.82, 2.24) is 14.6 Å². The Morgan fingerprint density at radius 2 is 2.04 bits per heavy atom. The predicted octanol–water partition coefficient (Wildman–Crippen LogP) is 4.07. The molecule has 1 N–H and O–H groups in total. The molecule has 0 radical (unpaired) electrons. The number of amides is 1. The number of aromatic nitrogens is 3. The van der Waals surface area contributed by atoms with Gasteiger partial charge < -0.3 is 10.1 Å². The van der Waals surface area contributed by atoms with E-state index in [0.717, 1.165) is 27.9 Å². The van der Waals surface area contributed by atoms with Gasteiger partial charge in [-0.1, -0.05) is 23.9 Å². The number of aryl methyl sites for hydroxylation is 1. The Morgan fingerprint density at radius 1 is 1.21 bits per heavy atom. The molecule has 28 heavy (non-hydrogen) atoms. The number of anilines is 1. The summed E-state index contributed by atoms with van der Waals surface area (Å²) in [4.78, 5) is 12.3. The van der Waals surface area contributed by atoms with Gasteiger partial charge in [-0.3, -0.25) is 9.20 Å². The van der Waals surface area contributed by atoms with Crippen LogP contribution < -0.4 is 10.1 Å². The average molecular weight is 396 g/mol. The summed E-state index contributed by atoms with van der Waals surface area (Å²) >= 11 is 1.24. The Bertz CT molecular complexity index is 1190. The molecule has 0 spiro atoms. The molecule has 2 aromatic heterocycles. The van der Waals surface area contributed by atoms with Crippen molar-refractivity contribution in [2.75, 3.05) is 18.2 Å².